The van der Waals surface area contributed by atoms with Crippen LogP contribution in [0.1, 0.15) is 27.2 Å². The molecule has 0 atom stereocenters. The van der Waals surface area contributed by atoms with Gasteiger partial charge in [-0.15, -0.1) is 0 Å². The van der Waals surface area contributed by atoms with Gasteiger partial charge in [0.2, 0.25) is 0 Å². The maximum Gasteiger partial charge on any atom is 0.273 e. The summed E-state index contributed by atoms with van der Waals surface area (Å²) >= 11 is 5.97. The van der Waals surface area contributed by atoms with Gasteiger partial charge in [-0.1, -0.05) is 29.8 Å². The van der Waals surface area contributed by atoms with E-state index in [9.17, 15) is 14.9 Å². The van der Waals surface area contributed by atoms with E-state index in [1.807, 2.05) is 12.1 Å². The predicted molar refractivity (Wildman–Crippen MR) is 105 cm³/mol. The summed E-state index contributed by atoms with van der Waals surface area (Å²) in [6.07, 6.45) is 0.648. The number of amides is 1. The second-order valence-corrected chi connectivity index (χ2v) is 7.16. The van der Waals surface area contributed by atoms with Crippen LogP contribution in [0.2, 0.25) is 5.02 Å². The summed E-state index contributed by atoms with van der Waals surface area (Å²) in [7, 11) is 0. The van der Waals surface area contributed by atoms with Crippen molar-refractivity contribution in [2.45, 2.75) is 19.9 Å². The van der Waals surface area contributed by atoms with Crippen molar-refractivity contribution in [3.63, 3.8) is 0 Å². The molecule has 1 aliphatic rings. The molecule has 142 valence electrons. The Morgan fingerprint density at radius 2 is 2.00 bits per heavy atom. The largest absolute Gasteiger partial charge is 0.334 e. The molecule has 1 aromatic heterocycles. The van der Waals surface area contributed by atoms with Gasteiger partial charge in [-0.05, 0) is 25.1 Å². The molecular formula is C20H17ClN4O3. The Morgan fingerprint density at radius 3 is 2.71 bits per heavy atom. The minimum absolute atomic E-state index is 0.0475. The van der Waals surface area contributed by atoms with Gasteiger partial charge in [0.15, 0.2) is 0 Å². The summed E-state index contributed by atoms with van der Waals surface area (Å²) < 4.78 is 0. The lowest BCUT2D eigenvalue weighted by molar-refractivity contribution is -0.385. The Morgan fingerprint density at radius 1 is 1.25 bits per heavy atom. The van der Waals surface area contributed by atoms with Crippen molar-refractivity contribution in [1.82, 2.24) is 15.1 Å². The zero-order valence-electron chi connectivity index (χ0n) is 15.1. The molecule has 1 N–H and O–H groups in total. The summed E-state index contributed by atoms with van der Waals surface area (Å²) in [4.78, 5) is 25.5. The number of nitrogens with one attached hydrogen (secondary N) is 1. The molecule has 3 aromatic rings. The van der Waals surface area contributed by atoms with E-state index in [1.165, 1.54) is 6.07 Å². The number of nitro benzene ring substituents is 1. The molecule has 1 amide bonds. The van der Waals surface area contributed by atoms with Gasteiger partial charge < -0.3 is 4.90 Å². The Balaban J connectivity index is 1.65. The van der Waals surface area contributed by atoms with Crippen LogP contribution in [0.5, 0.6) is 0 Å². The Kier molecular flexibility index (Phi) is 4.60. The number of H-pyrrole nitrogens is 1. The third kappa shape index (κ3) is 3.14. The Bertz CT molecular complexity index is 1080. The number of benzene rings is 2. The van der Waals surface area contributed by atoms with Gasteiger partial charge in [0.25, 0.3) is 11.6 Å². The maximum absolute atomic E-state index is 13.1. The number of carbonyl (C=O) groups is 1. The quantitative estimate of drug-likeness (QED) is 0.531. The molecule has 28 heavy (non-hydrogen) atoms. The van der Waals surface area contributed by atoms with Crippen LogP contribution in [0.15, 0.2) is 42.5 Å². The van der Waals surface area contributed by atoms with E-state index in [0.717, 1.165) is 22.5 Å². The van der Waals surface area contributed by atoms with Crippen molar-refractivity contribution in [2.24, 2.45) is 0 Å². The van der Waals surface area contributed by atoms with Crippen molar-refractivity contribution < 1.29 is 9.72 Å². The minimum Gasteiger partial charge on any atom is -0.334 e. The highest BCUT2D eigenvalue weighted by atomic mass is 35.5. The number of rotatable bonds is 3. The molecule has 0 aliphatic carbocycles. The van der Waals surface area contributed by atoms with E-state index in [2.05, 4.69) is 10.2 Å². The van der Waals surface area contributed by atoms with Crippen molar-refractivity contribution in [1.29, 1.82) is 0 Å². The van der Waals surface area contributed by atoms with Gasteiger partial charge in [-0.25, -0.2) is 0 Å². The number of aromatic nitrogens is 2. The first-order valence-electron chi connectivity index (χ1n) is 8.81. The first-order valence-corrected chi connectivity index (χ1v) is 9.19. The summed E-state index contributed by atoms with van der Waals surface area (Å²) in [5, 5.41) is 19.3. The lowest BCUT2D eigenvalue weighted by Crippen LogP contribution is -2.36. The molecule has 7 nitrogen and oxygen atoms in total. The summed E-state index contributed by atoms with van der Waals surface area (Å²) in [6.45, 7) is 2.53. The fourth-order valence-corrected chi connectivity index (χ4v) is 3.66. The average molecular weight is 397 g/mol. The summed E-state index contributed by atoms with van der Waals surface area (Å²) in [5.74, 6) is -0.213. The lowest BCUT2D eigenvalue weighted by Gasteiger charge is -2.27. The Labute approximate surface area is 166 Å². The molecule has 4 rings (SSSR count). The molecule has 8 heteroatoms. The van der Waals surface area contributed by atoms with Crippen LogP contribution < -0.4 is 0 Å². The molecular weight excluding hydrogens is 380 g/mol. The average Bonchev–Trinajstić information content (AvgIpc) is 3.11. The van der Waals surface area contributed by atoms with E-state index in [0.29, 0.717) is 35.7 Å². The Hall–Kier alpha value is -3.19. The molecule has 1 aliphatic heterocycles. The third-order valence-electron chi connectivity index (χ3n) is 5.07. The predicted octanol–water partition coefficient (Wildman–Crippen LogP) is 4.15. The molecule has 0 bridgehead atoms. The summed E-state index contributed by atoms with van der Waals surface area (Å²) in [6, 6.07) is 12.0. The molecule has 2 heterocycles. The van der Waals surface area contributed by atoms with Crippen molar-refractivity contribution >= 4 is 23.2 Å². The van der Waals surface area contributed by atoms with Gasteiger partial charge in [0, 0.05) is 58.5 Å². The molecule has 0 fully saturated rings. The highest BCUT2D eigenvalue weighted by Crippen LogP contribution is 2.30. The fourth-order valence-electron chi connectivity index (χ4n) is 3.54. The van der Waals surface area contributed by atoms with Gasteiger partial charge in [-0.3, -0.25) is 20.0 Å². The minimum atomic E-state index is -0.463. The van der Waals surface area contributed by atoms with Crippen LogP contribution in [-0.4, -0.2) is 32.5 Å². The lowest BCUT2D eigenvalue weighted by atomic mass is 9.99. The van der Waals surface area contributed by atoms with Crippen LogP contribution in [0.3, 0.4) is 0 Å². The first-order chi connectivity index (χ1) is 13.5. The first kappa shape index (κ1) is 18.2. The second-order valence-electron chi connectivity index (χ2n) is 6.72. The van der Waals surface area contributed by atoms with Gasteiger partial charge in [-0.2, -0.15) is 5.10 Å². The van der Waals surface area contributed by atoms with Crippen LogP contribution in [0.25, 0.3) is 11.3 Å². The van der Waals surface area contributed by atoms with Crippen molar-refractivity contribution in [3.8, 4) is 11.3 Å². The maximum atomic E-state index is 13.1. The monoisotopic (exact) mass is 396 g/mol. The molecule has 0 unspecified atom stereocenters. The number of fused-ring (bicyclic) bond motifs is 1. The number of hydrogen-bond donors (Lipinski definition) is 1. The topological polar surface area (TPSA) is 92.1 Å². The zero-order chi connectivity index (χ0) is 19.8. The highest BCUT2D eigenvalue weighted by molar-refractivity contribution is 6.30. The number of nitrogens with zero attached hydrogens (tertiary/aromatic N) is 3. The van der Waals surface area contributed by atoms with Crippen molar-refractivity contribution in [3.05, 3.63) is 80.0 Å². The van der Waals surface area contributed by atoms with Crippen LogP contribution in [0, 0.1) is 17.0 Å². The third-order valence-corrected chi connectivity index (χ3v) is 5.32. The van der Waals surface area contributed by atoms with Gasteiger partial charge in [0.1, 0.15) is 0 Å². The molecule has 0 saturated carbocycles. The van der Waals surface area contributed by atoms with Crippen LogP contribution in [0.4, 0.5) is 5.69 Å². The van der Waals surface area contributed by atoms with E-state index in [1.54, 1.807) is 36.1 Å². The van der Waals surface area contributed by atoms with E-state index >= 15 is 0 Å². The molecule has 2 aromatic carbocycles. The zero-order valence-corrected chi connectivity index (χ0v) is 15.9. The summed E-state index contributed by atoms with van der Waals surface area (Å²) in [5.41, 5.74) is 4.37. The number of halogens is 1. The highest BCUT2D eigenvalue weighted by Gasteiger charge is 2.28. The molecule has 0 saturated heterocycles. The van der Waals surface area contributed by atoms with Crippen LogP contribution in [-0.2, 0) is 13.0 Å². The van der Waals surface area contributed by atoms with Crippen LogP contribution >= 0.6 is 11.6 Å². The normalized spacial score (nSPS) is 13.3. The smallest absolute Gasteiger partial charge is 0.273 e. The SMILES string of the molecule is Cc1c(C(=O)N2CCc3[nH]nc(-c4ccc(Cl)cc4)c3C2)cccc1[N+](=O)[O-]. The number of hydrogen-bond acceptors (Lipinski definition) is 4. The van der Waals surface area contributed by atoms with Gasteiger partial charge >= 0.3 is 0 Å². The van der Waals surface area contributed by atoms with Crippen molar-refractivity contribution in [2.75, 3.05) is 6.54 Å². The number of carbonyl (C=O) groups excluding carboxylic acids is 1. The molecule has 0 spiro atoms. The van der Waals surface area contributed by atoms with Gasteiger partial charge in [0.05, 0.1) is 10.6 Å². The standard InChI is InChI=1S/C20H17ClN4O3/c1-12-15(3-2-4-18(12)25(27)28)20(26)24-10-9-17-16(11-24)19(23-22-17)13-5-7-14(21)8-6-13/h2-8H,9-11H2,1H3,(H,22,23). The van der Waals surface area contributed by atoms with E-state index in [4.69, 9.17) is 11.6 Å². The number of nitro groups is 1. The van der Waals surface area contributed by atoms with E-state index < -0.39 is 4.92 Å². The second kappa shape index (κ2) is 7.09. The molecule has 0 radical (unpaired) electrons. The fraction of sp³-hybridized carbons (Fsp3) is 0.200. The number of aromatic amines is 1. The van der Waals surface area contributed by atoms with E-state index in [-0.39, 0.29) is 11.6 Å².